The summed E-state index contributed by atoms with van der Waals surface area (Å²) in [6.45, 7) is 7.06. The van der Waals surface area contributed by atoms with E-state index in [4.69, 9.17) is 11.6 Å². The Hall–Kier alpha value is -3.68. The molecule has 2 aromatic heterocycles. The van der Waals surface area contributed by atoms with Gasteiger partial charge in [0.05, 0.1) is 16.8 Å². The minimum absolute atomic E-state index is 0.0964. The molecule has 35 heavy (non-hydrogen) atoms. The van der Waals surface area contributed by atoms with E-state index in [9.17, 15) is 4.39 Å². The zero-order chi connectivity index (χ0) is 24.9. The molecule has 0 radical (unpaired) electrons. The summed E-state index contributed by atoms with van der Waals surface area (Å²) in [7, 11) is 4.11. The largest absolute Gasteiger partial charge is 0.377 e. The van der Waals surface area contributed by atoms with E-state index in [1.807, 2.05) is 48.1 Å². The third kappa shape index (κ3) is 6.07. The van der Waals surface area contributed by atoms with Crippen molar-refractivity contribution in [2.24, 2.45) is 0 Å². The number of hydrogen-bond donors (Lipinski definition) is 2. The number of hydrogen-bond acceptors (Lipinski definition) is 5. The lowest BCUT2D eigenvalue weighted by molar-refractivity contribution is 0.360. The van der Waals surface area contributed by atoms with Crippen LogP contribution in [-0.2, 0) is 0 Å². The third-order valence-electron chi connectivity index (χ3n) is 5.51. The molecule has 0 aliphatic carbocycles. The molecule has 4 rings (SSSR count). The smallest absolute Gasteiger partial charge is 0.229 e. The lowest BCUT2D eigenvalue weighted by atomic mass is 10.1. The van der Waals surface area contributed by atoms with Gasteiger partial charge >= 0.3 is 0 Å². The van der Waals surface area contributed by atoms with E-state index in [1.165, 1.54) is 17.7 Å². The summed E-state index contributed by atoms with van der Waals surface area (Å²) in [6, 6.07) is 16.6. The second kappa shape index (κ2) is 10.7. The average molecular weight is 491 g/mol. The van der Waals surface area contributed by atoms with Gasteiger partial charge in [-0.3, -0.25) is 0 Å². The molecule has 8 heteroatoms. The van der Waals surface area contributed by atoms with Crippen molar-refractivity contribution in [2.75, 3.05) is 26.0 Å². The first-order valence-corrected chi connectivity index (χ1v) is 11.6. The topological polar surface area (TPSA) is 58.0 Å². The van der Waals surface area contributed by atoms with Crippen LogP contribution in [0.4, 0.5) is 16.0 Å². The minimum Gasteiger partial charge on any atom is -0.377 e. The van der Waals surface area contributed by atoms with Gasteiger partial charge in [-0.05, 0) is 50.8 Å². The van der Waals surface area contributed by atoms with Crippen LogP contribution in [0.1, 0.15) is 22.7 Å². The summed E-state index contributed by atoms with van der Waals surface area (Å²) in [4.78, 5) is 11.1. The number of benzene rings is 2. The zero-order valence-corrected chi connectivity index (χ0v) is 20.7. The Kier molecular flexibility index (Phi) is 7.48. The first-order chi connectivity index (χ1) is 16.8. The maximum atomic E-state index is 13.4. The Balaban J connectivity index is 1.54. The Bertz CT molecular complexity index is 1320. The maximum Gasteiger partial charge on any atom is 0.229 e. The van der Waals surface area contributed by atoms with Crippen molar-refractivity contribution in [1.29, 1.82) is 0 Å². The molecular formula is C27H28ClFN6. The monoisotopic (exact) mass is 490 g/mol. The van der Waals surface area contributed by atoms with E-state index in [2.05, 4.69) is 58.3 Å². The van der Waals surface area contributed by atoms with Crippen LogP contribution in [-0.4, -0.2) is 40.1 Å². The van der Waals surface area contributed by atoms with Crippen molar-refractivity contribution in [3.63, 3.8) is 0 Å². The van der Waals surface area contributed by atoms with Crippen LogP contribution in [0, 0.1) is 12.7 Å². The summed E-state index contributed by atoms with van der Waals surface area (Å²) in [5.41, 5.74) is 4.41. The molecule has 6 nitrogen and oxygen atoms in total. The molecule has 1 atom stereocenters. The van der Waals surface area contributed by atoms with E-state index in [-0.39, 0.29) is 11.1 Å². The maximum absolute atomic E-state index is 13.4. The fourth-order valence-electron chi connectivity index (χ4n) is 3.75. The van der Waals surface area contributed by atoms with Crippen LogP contribution in [0.25, 0.3) is 11.5 Å². The van der Waals surface area contributed by atoms with Gasteiger partial charge in [0.1, 0.15) is 11.6 Å². The molecule has 2 aromatic carbocycles. The lowest BCUT2D eigenvalue weighted by Crippen LogP contribution is -2.30. The van der Waals surface area contributed by atoms with Gasteiger partial charge in [-0.25, -0.2) is 9.37 Å². The van der Waals surface area contributed by atoms with Crippen LogP contribution in [0.15, 0.2) is 79.8 Å². The summed E-state index contributed by atoms with van der Waals surface area (Å²) in [5.74, 6) is 0.675. The number of nitrogens with zero attached hydrogens (tertiary/aromatic N) is 4. The quantitative estimate of drug-likeness (QED) is 0.302. The molecule has 2 heterocycles. The van der Waals surface area contributed by atoms with Crippen LogP contribution in [0.2, 0.25) is 5.02 Å². The number of aryl methyl sites for hydroxylation is 1. The highest BCUT2D eigenvalue weighted by atomic mass is 35.5. The number of rotatable bonds is 9. The fraction of sp³-hybridized carbons (Fsp3) is 0.185. The van der Waals surface area contributed by atoms with Gasteiger partial charge in [-0.1, -0.05) is 48.5 Å². The number of nitrogens with one attached hydrogen (secondary N) is 2. The number of anilines is 2. The predicted octanol–water partition coefficient (Wildman–Crippen LogP) is 5.98. The summed E-state index contributed by atoms with van der Waals surface area (Å²) < 4.78 is 15.3. The minimum atomic E-state index is -0.403. The van der Waals surface area contributed by atoms with Crippen LogP contribution >= 0.6 is 11.6 Å². The zero-order valence-electron chi connectivity index (χ0n) is 20.0. The molecule has 4 aromatic rings. The molecule has 0 aliphatic heterocycles. The van der Waals surface area contributed by atoms with Gasteiger partial charge in [-0.2, -0.15) is 4.98 Å². The SMILES string of the molecule is C=C(N[C@@H](CN(C)C)c1ccccc1)c1ccn(-c2nc(Nc3ccc(F)cc3Cl)ncc2C)c1. The molecule has 180 valence electrons. The van der Waals surface area contributed by atoms with E-state index in [0.29, 0.717) is 17.5 Å². The van der Waals surface area contributed by atoms with Crippen molar-refractivity contribution in [3.05, 3.63) is 107 Å². The van der Waals surface area contributed by atoms with Crippen LogP contribution in [0.5, 0.6) is 0 Å². The Morgan fingerprint density at radius 2 is 1.94 bits per heavy atom. The Morgan fingerprint density at radius 3 is 2.66 bits per heavy atom. The first-order valence-electron chi connectivity index (χ1n) is 11.2. The highest BCUT2D eigenvalue weighted by molar-refractivity contribution is 6.33. The van der Waals surface area contributed by atoms with Gasteiger partial charge < -0.3 is 20.1 Å². The van der Waals surface area contributed by atoms with Crippen molar-refractivity contribution >= 4 is 28.9 Å². The number of aromatic nitrogens is 3. The fourth-order valence-corrected chi connectivity index (χ4v) is 3.97. The van der Waals surface area contributed by atoms with E-state index >= 15 is 0 Å². The van der Waals surface area contributed by atoms with E-state index < -0.39 is 5.82 Å². The predicted molar refractivity (Wildman–Crippen MR) is 141 cm³/mol. The molecule has 0 aliphatic rings. The van der Waals surface area contributed by atoms with E-state index in [0.717, 1.165) is 23.4 Å². The molecule has 0 unspecified atom stereocenters. The highest BCUT2D eigenvalue weighted by Gasteiger charge is 2.15. The normalized spacial score (nSPS) is 11.9. The van der Waals surface area contributed by atoms with Gasteiger partial charge in [0.25, 0.3) is 0 Å². The number of halogens is 2. The van der Waals surface area contributed by atoms with Gasteiger partial charge in [0.2, 0.25) is 5.95 Å². The van der Waals surface area contributed by atoms with Crippen molar-refractivity contribution in [3.8, 4) is 5.82 Å². The number of likely N-dealkylation sites (N-methyl/N-ethyl adjacent to an activating group) is 1. The van der Waals surface area contributed by atoms with Crippen molar-refractivity contribution < 1.29 is 4.39 Å². The van der Waals surface area contributed by atoms with Crippen molar-refractivity contribution in [1.82, 2.24) is 24.8 Å². The molecule has 0 amide bonds. The van der Waals surface area contributed by atoms with Crippen LogP contribution in [0.3, 0.4) is 0 Å². The standard InChI is InChI=1S/C27H28ClFN6/c1-18-15-30-27(32-24-11-10-22(29)14-23(24)28)33-26(18)35-13-12-21(16-35)19(2)31-25(17-34(3)4)20-8-6-5-7-9-20/h5-16,25,31H,2,17H2,1,3-4H3,(H,30,32,33)/t25-/m0/s1. The second-order valence-electron chi connectivity index (χ2n) is 8.61. The molecule has 0 bridgehead atoms. The van der Waals surface area contributed by atoms with Crippen molar-refractivity contribution in [2.45, 2.75) is 13.0 Å². The van der Waals surface area contributed by atoms with Gasteiger partial charge in [0, 0.05) is 42.0 Å². The Morgan fingerprint density at radius 1 is 1.17 bits per heavy atom. The molecular weight excluding hydrogens is 463 g/mol. The lowest BCUT2D eigenvalue weighted by Gasteiger charge is -2.24. The molecule has 2 N–H and O–H groups in total. The van der Waals surface area contributed by atoms with E-state index in [1.54, 1.807) is 12.3 Å². The summed E-state index contributed by atoms with van der Waals surface area (Å²) in [5, 5.41) is 6.89. The Labute approximate surface area is 210 Å². The average Bonchev–Trinajstić information content (AvgIpc) is 3.32. The molecule has 0 saturated heterocycles. The van der Waals surface area contributed by atoms with Gasteiger partial charge in [0.15, 0.2) is 0 Å². The highest BCUT2D eigenvalue weighted by Crippen LogP contribution is 2.26. The third-order valence-corrected chi connectivity index (χ3v) is 5.82. The van der Waals surface area contributed by atoms with Gasteiger partial charge in [-0.15, -0.1) is 0 Å². The van der Waals surface area contributed by atoms with Crippen LogP contribution < -0.4 is 10.6 Å². The molecule has 0 spiro atoms. The second-order valence-corrected chi connectivity index (χ2v) is 9.01. The first kappa shape index (κ1) is 24.4. The molecule has 0 saturated carbocycles. The summed E-state index contributed by atoms with van der Waals surface area (Å²) in [6.07, 6.45) is 5.66. The summed E-state index contributed by atoms with van der Waals surface area (Å²) >= 11 is 6.14. The molecule has 0 fully saturated rings.